The predicted octanol–water partition coefficient (Wildman–Crippen LogP) is 3.34. The van der Waals surface area contributed by atoms with Gasteiger partial charge in [-0.2, -0.15) is 0 Å². The molecule has 0 aliphatic heterocycles. The maximum absolute atomic E-state index is 12.8. The van der Waals surface area contributed by atoms with Crippen molar-refractivity contribution >= 4 is 22.8 Å². The zero-order valence-corrected chi connectivity index (χ0v) is 17.1. The van der Waals surface area contributed by atoms with Gasteiger partial charge in [-0.1, -0.05) is 32.0 Å². The Kier molecular flexibility index (Phi) is 6.48. The van der Waals surface area contributed by atoms with E-state index in [0.717, 1.165) is 0 Å². The van der Waals surface area contributed by atoms with Gasteiger partial charge in [0.25, 0.3) is 11.5 Å². The number of aromatic amines is 1. The number of alkyl carbamates (subject to hydrolysis) is 1. The normalized spacial score (nSPS) is 11.9. The molecular formula is C21H29N3O4. The first-order chi connectivity index (χ1) is 13.1. The first-order valence-electron chi connectivity index (χ1n) is 9.50. The number of fused-ring (bicyclic) bond motifs is 1. The van der Waals surface area contributed by atoms with Crippen LogP contribution in [0.4, 0.5) is 4.79 Å². The number of aromatic nitrogens is 1. The van der Waals surface area contributed by atoms with Crippen molar-refractivity contribution in [2.24, 2.45) is 0 Å². The summed E-state index contributed by atoms with van der Waals surface area (Å²) >= 11 is 0. The predicted molar refractivity (Wildman–Crippen MR) is 110 cm³/mol. The van der Waals surface area contributed by atoms with Gasteiger partial charge in [0.2, 0.25) is 0 Å². The number of benzene rings is 1. The van der Waals surface area contributed by atoms with Crippen molar-refractivity contribution in [3.63, 3.8) is 0 Å². The van der Waals surface area contributed by atoms with Gasteiger partial charge in [0.1, 0.15) is 11.3 Å². The summed E-state index contributed by atoms with van der Waals surface area (Å²) in [5, 5.41) is 6.94. The Hall–Kier alpha value is -2.83. The van der Waals surface area contributed by atoms with E-state index in [2.05, 4.69) is 15.6 Å². The molecule has 2 rings (SSSR count). The molecule has 0 aliphatic carbocycles. The van der Waals surface area contributed by atoms with Gasteiger partial charge in [-0.05, 0) is 51.1 Å². The Labute approximate surface area is 164 Å². The molecule has 1 aromatic carbocycles. The van der Waals surface area contributed by atoms with Gasteiger partial charge >= 0.3 is 6.09 Å². The van der Waals surface area contributed by atoms with E-state index in [0.29, 0.717) is 23.6 Å². The fourth-order valence-electron chi connectivity index (χ4n) is 2.92. The topological polar surface area (TPSA) is 100 Å². The fraction of sp³-hybridized carbons (Fsp3) is 0.476. The van der Waals surface area contributed by atoms with Gasteiger partial charge in [0.05, 0.1) is 5.54 Å². The van der Waals surface area contributed by atoms with Crippen molar-refractivity contribution < 1.29 is 14.3 Å². The molecule has 0 radical (unpaired) electrons. The molecule has 3 N–H and O–H groups in total. The van der Waals surface area contributed by atoms with Gasteiger partial charge in [0.15, 0.2) is 0 Å². The second kappa shape index (κ2) is 8.46. The number of rotatable bonds is 6. The molecule has 0 spiro atoms. The van der Waals surface area contributed by atoms with Crippen LogP contribution >= 0.6 is 0 Å². The lowest BCUT2D eigenvalue weighted by atomic mass is 9.92. The smallest absolute Gasteiger partial charge is 0.407 e. The highest BCUT2D eigenvalue weighted by Gasteiger charge is 2.30. The first kappa shape index (κ1) is 21.5. The minimum atomic E-state index is -0.656. The molecule has 7 heteroatoms. The number of nitrogens with one attached hydrogen (secondary N) is 3. The molecule has 0 saturated carbocycles. The minimum absolute atomic E-state index is 0.187. The summed E-state index contributed by atoms with van der Waals surface area (Å²) < 4.78 is 5.27. The Morgan fingerprint density at radius 1 is 1.11 bits per heavy atom. The second-order valence-corrected chi connectivity index (χ2v) is 7.90. The number of H-pyrrole nitrogens is 1. The Morgan fingerprint density at radius 2 is 1.75 bits per heavy atom. The van der Waals surface area contributed by atoms with E-state index in [1.165, 1.54) is 0 Å². The summed E-state index contributed by atoms with van der Waals surface area (Å²) in [6, 6.07) is 8.75. The highest BCUT2D eigenvalue weighted by Crippen LogP contribution is 2.17. The number of amides is 2. The molecule has 28 heavy (non-hydrogen) atoms. The van der Waals surface area contributed by atoms with Gasteiger partial charge in [-0.25, -0.2) is 4.79 Å². The van der Waals surface area contributed by atoms with Crippen molar-refractivity contribution in [2.75, 3.05) is 6.54 Å². The molecular weight excluding hydrogens is 358 g/mol. The van der Waals surface area contributed by atoms with Crippen molar-refractivity contribution in [3.8, 4) is 0 Å². The van der Waals surface area contributed by atoms with Crippen molar-refractivity contribution in [1.82, 2.24) is 15.6 Å². The maximum atomic E-state index is 12.8. The molecule has 1 aromatic heterocycles. The van der Waals surface area contributed by atoms with Gasteiger partial charge in [-0.3, -0.25) is 9.59 Å². The molecule has 0 bridgehead atoms. The van der Waals surface area contributed by atoms with Crippen molar-refractivity contribution in [1.29, 1.82) is 0 Å². The van der Waals surface area contributed by atoms with E-state index in [1.807, 2.05) is 19.9 Å². The summed E-state index contributed by atoms with van der Waals surface area (Å²) in [5.74, 6) is -0.391. The highest BCUT2D eigenvalue weighted by atomic mass is 16.6. The molecule has 0 fully saturated rings. The maximum Gasteiger partial charge on any atom is 0.407 e. The van der Waals surface area contributed by atoms with Gasteiger partial charge in [-0.15, -0.1) is 0 Å². The van der Waals surface area contributed by atoms with E-state index in [9.17, 15) is 14.4 Å². The monoisotopic (exact) mass is 387 g/mol. The molecule has 0 atom stereocenters. The number of hydrogen-bond acceptors (Lipinski definition) is 4. The van der Waals surface area contributed by atoms with Crippen molar-refractivity contribution in [2.45, 2.75) is 58.6 Å². The number of ether oxygens (including phenoxy) is 1. The molecule has 2 amide bonds. The third kappa shape index (κ3) is 5.34. The lowest BCUT2D eigenvalue weighted by molar-refractivity contribution is 0.0501. The van der Waals surface area contributed by atoms with Crippen molar-refractivity contribution in [3.05, 3.63) is 46.4 Å². The van der Waals surface area contributed by atoms with Crippen LogP contribution < -0.4 is 16.2 Å². The molecule has 7 nitrogen and oxygen atoms in total. The molecule has 152 valence electrons. The number of pyridine rings is 1. The zero-order chi connectivity index (χ0) is 20.9. The largest absolute Gasteiger partial charge is 0.444 e. The van der Waals surface area contributed by atoms with E-state index in [1.54, 1.807) is 45.0 Å². The minimum Gasteiger partial charge on any atom is -0.444 e. The quantitative estimate of drug-likeness (QED) is 0.708. The molecule has 0 aliphatic rings. The zero-order valence-electron chi connectivity index (χ0n) is 17.1. The average molecular weight is 387 g/mol. The third-order valence-corrected chi connectivity index (χ3v) is 4.70. The van der Waals surface area contributed by atoms with Crippen LogP contribution in [0.3, 0.4) is 0 Å². The molecule has 2 aromatic rings. The van der Waals surface area contributed by atoms with Crippen LogP contribution in [0.15, 0.2) is 35.1 Å². The Bertz CT molecular complexity index is 908. The second-order valence-electron chi connectivity index (χ2n) is 7.90. The fourth-order valence-corrected chi connectivity index (χ4v) is 2.92. The summed E-state index contributed by atoms with van der Waals surface area (Å²) in [7, 11) is 0. The summed E-state index contributed by atoms with van der Waals surface area (Å²) in [5.41, 5.74) is -1.38. The van der Waals surface area contributed by atoms with Crippen LogP contribution in [0.2, 0.25) is 0 Å². The Morgan fingerprint density at radius 3 is 2.36 bits per heavy atom. The molecule has 1 heterocycles. The van der Waals surface area contributed by atoms with Gasteiger partial charge in [0, 0.05) is 11.9 Å². The summed E-state index contributed by atoms with van der Waals surface area (Å²) in [6.07, 6.45) is 0.665. The van der Waals surface area contributed by atoms with Crippen LogP contribution in [0.1, 0.15) is 57.9 Å². The van der Waals surface area contributed by atoms with Crippen LogP contribution in [0.5, 0.6) is 0 Å². The van der Waals surface area contributed by atoms with Crippen LogP contribution in [-0.4, -0.2) is 34.7 Å². The first-order valence-corrected chi connectivity index (χ1v) is 9.50. The SMILES string of the molecule is CCC(CC)(CNC(=O)OC(C)(C)C)NC(=O)c1cc2ccccc2c(=O)[nH]1. The number of carbonyl (C=O) groups is 2. The molecule has 0 saturated heterocycles. The summed E-state index contributed by atoms with van der Waals surface area (Å²) in [6.45, 7) is 9.46. The van der Waals surface area contributed by atoms with E-state index < -0.39 is 23.1 Å². The average Bonchev–Trinajstić information content (AvgIpc) is 2.63. The van der Waals surface area contributed by atoms with E-state index in [4.69, 9.17) is 4.74 Å². The third-order valence-electron chi connectivity index (χ3n) is 4.70. The lowest BCUT2D eigenvalue weighted by Crippen LogP contribution is -2.55. The standard InChI is InChI=1S/C21H29N3O4/c1-6-21(7-2,13-22-19(27)28-20(3,4)5)24-18(26)16-12-14-10-8-9-11-15(14)17(25)23-16/h8-12H,6-7,13H2,1-5H3,(H,22,27)(H,23,25)(H,24,26). The van der Waals surface area contributed by atoms with Crippen LogP contribution in [-0.2, 0) is 4.74 Å². The number of hydrogen-bond donors (Lipinski definition) is 3. The van der Waals surface area contributed by atoms with Crippen LogP contribution in [0.25, 0.3) is 10.8 Å². The number of carbonyl (C=O) groups excluding carboxylic acids is 2. The van der Waals surface area contributed by atoms with E-state index in [-0.39, 0.29) is 17.8 Å². The summed E-state index contributed by atoms with van der Waals surface area (Å²) in [4.78, 5) is 39.7. The lowest BCUT2D eigenvalue weighted by Gasteiger charge is -2.33. The molecule has 0 unspecified atom stereocenters. The van der Waals surface area contributed by atoms with E-state index >= 15 is 0 Å². The Balaban J connectivity index is 2.18. The van der Waals surface area contributed by atoms with Gasteiger partial charge < -0.3 is 20.4 Å². The highest BCUT2D eigenvalue weighted by molar-refractivity contribution is 5.96. The van der Waals surface area contributed by atoms with Crippen LogP contribution in [0, 0.1) is 0 Å².